The van der Waals surface area contributed by atoms with Crippen molar-refractivity contribution in [3.05, 3.63) is 0 Å². The fraction of sp³-hybridized carbons (Fsp3) is 0.800. The minimum Gasteiger partial charge on any atom is -0.462 e. The minimum atomic E-state index is -0.250. The van der Waals surface area contributed by atoms with E-state index >= 15 is 0 Å². The highest BCUT2D eigenvalue weighted by molar-refractivity contribution is 5.81. The molecule has 0 atom stereocenters. The second kappa shape index (κ2) is 5.62. The number of nitrogens with one attached hydrogen (secondary N) is 1. The third kappa shape index (κ3) is 3.77. The first-order valence-corrected chi connectivity index (χ1v) is 5.12. The molecule has 0 unspecified atom stereocenters. The summed E-state index contributed by atoms with van der Waals surface area (Å²) in [5, 5.41) is 2.47. The molecule has 1 fully saturated rings. The van der Waals surface area contributed by atoms with Crippen LogP contribution in [0.4, 0.5) is 0 Å². The van der Waals surface area contributed by atoms with Gasteiger partial charge in [-0.1, -0.05) is 0 Å². The van der Waals surface area contributed by atoms with Crippen molar-refractivity contribution in [2.24, 2.45) is 0 Å². The average Bonchev–Trinajstić information content (AvgIpc) is 2.66. The Hall–Kier alpha value is -1.06. The Balaban J connectivity index is 2.12. The number of carbonyl (C=O) groups excluding carboxylic acids is 2. The zero-order chi connectivity index (χ0) is 10.4. The van der Waals surface area contributed by atoms with Crippen molar-refractivity contribution in [2.75, 3.05) is 7.05 Å². The van der Waals surface area contributed by atoms with Crippen LogP contribution in [0.5, 0.6) is 0 Å². The average molecular weight is 199 g/mol. The summed E-state index contributed by atoms with van der Waals surface area (Å²) in [6.07, 6.45) is 4.77. The molecule has 80 valence electrons. The van der Waals surface area contributed by atoms with E-state index in [1.165, 1.54) is 0 Å². The van der Waals surface area contributed by atoms with Crippen LogP contribution in [0.15, 0.2) is 0 Å². The number of ether oxygens (including phenoxy) is 1. The van der Waals surface area contributed by atoms with Crippen LogP contribution in [-0.4, -0.2) is 25.0 Å². The second-order valence-electron chi connectivity index (χ2n) is 3.57. The van der Waals surface area contributed by atoms with Gasteiger partial charge in [-0.3, -0.25) is 9.59 Å². The van der Waals surface area contributed by atoms with E-state index in [1.54, 1.807) is 7.05 Å². The maximum absolute atomic E-state index is 11.2. The Labute approximate surface area is 84.0 Å². The molecule has 0 radical (unpaired) electrons. The van der Waals surface area contributed by atoms with E-state index in [1.807, 2.05) is 0 Å². The van der Waals surface area contributed by atoms with E-state index in [4.69, 9.17) is 4.74 Å². The lowest BCUT2D eigenvalue weighted by molar-refractivity contribution is -0.149. The number of rotatable bonds is 4. The highest BCUT2D eigenvalue weighted by Crippen LogP contribution is 2.21. The molecular formula is C10H17NO3. The highest BCUT2D eigenvalue weighted by Gasteiger charge is 2.19. The van der Waals surface area contributed by atoms with Crippen molar-refractivity contribution < 1.29 is 14.3 Å². The molecule has 0 aromatic heterocycles. The van der Waals surface area contributed by atoms with Crippen molar-refractivity contribution in [3.8, 4) is 0 Å². The van der Waals surface area contributed by atoms with Crippen LogP contribution in [0.3, 0.4) is 0 Å². The predicted octanol–water partition coefficient (Wildman–Crippen LogP) is 0.998. The maximum atomic E-state index is 11.2. The fourth-order valence-electron chi connectivity index (χ4n) is 1.59. The first-order chi connectivity index (χ1) is 6.72. The minimum absolute atomic E-state index is 0.104. The topological polar surface area (TPSA) is 55.4 Å². The van der Waals surface area contributed by atoms with E-state index in [-0.39, 0.29) is 30.8 Å². The molecule has 1 aliphatic carbocycles. The van der Waals surface area contributed by atoms with Gasteiger partial charge in [0.1, 0.15) is 6.10 Å². The fourth-order valence-corrected chi connectivity index (χ4v) is 1.59. The van der Waals surface area contributed by atoms with E-state index < -0.39 is 0 Å². The number of esters is 1. The van der Waals surface area contributed by atoms with Crippen LogP contribution in [-0.2, 0) is 14.3 Å². The molecular weight excluding hydrogens is 182 g/mol. The highest BCUT2D eigenvalue weighted by atomic mass is 16.5. The first kappa shape index (κ1) is 11.0. The Bertz CT molecular complexity index is 209. The van der Waals surface area contributed by atoms with Gasteiger partial charge in [0.05, 0.1) is 6.42 Å². The zero-order valence-electron chi connectivity index (χ0n) is 8.54. The SMILES string of the molecule is CNC(=O)CCC(=O)OC1CCCC1. The quantitative estimate of drug-likeness (QED) is 0.687. The van der Waals surface area contributed by atoms with Crippen molar-refractivity contribution in [3.63, 3.8) is 0 Å². The van der Waals surface area contributed by atoms with Crippen LogP contribution in [0.2, 0.25) is 0 Å². The molecule has 0 spiro atoms. The van der Waals surface area contributed by atoms with Gasteiger partial charge >= 0.3 is 5.97 Å². The summed E-state index contributed by atoms with van der Waals surface area (Å²) >= 11 is 0. The van der Waals surface area contributed by atoms with E-state index in [0.29, 0.717) is 0 Å². The predicted molar refractivity (Wildman–Crippen MR) is 51.6 cm³/mol. The molecule has 0 bridgehead atoms. The van der Waals surface area contributed by atoms with Gasteiger partial charge in [-0.2, -0.15) is 0 Å². The Morgan fingerprint density at radius 3 is 2.50 bits per heavy atom. The number of amides is 1. The van der Waals surface area contributed by atoms with Crippen molar-refractivity contribution >= 4 is 11.9 Å². The normalized spacial score (nSPS) is 16.6. The molecule has 4 heteroatoms. The van der Waals surface area contributed by atoms with E-state index in [9.17, 15) is 9.59 Å². The molecule has 1 aliphatic rings. The summed E-state index contributed by atoms with van der Waals surface area (Å²) in [5.41, 5.74) is 0. The molecule has 1 amide bonds. The van der Waals surface area contributed by atoms with E-state index in [2.05, 4.69) is 5.32 Å². The van der Waals surface area contributed by atoms with Crippen LogP contribution in [0, 0.1) is 0 Å². The van der Waals surface area contributed by atoms with E-state index in [0.717, 1.165) is 25.7 Å². The number of carbonyl (C=O) groups is 2. The van der Waals surface area contributed by atoms with Gasteiger partial charge in [-0.05, 0) is 25.7 Å². The first-order valence-electron chi connectivity index (χ1n) is 5.12. The molecule has 1 rings (SSSR count). The third-order valence-electron chi connectivity index (χ3n) is 2.44. The Morgan fingerprint density at radius 2 is 1.93 bits per heavy atom. The van der Waals surface area contributed by atoms with Gasteiger partial charge in [0.2, 0.25) is 5.91 Å². The van der Waals surface area contributed by atoms with Crippen molar-refractivity contribution in [2.45, 2.75) is 44.6 Å². The Morgan fingerprint density at radius 1 is 1.29 bits per heavy atom. The summed E-state index contributed by atoms with van der Waals surface area (Å²) in [4.78, 5) is 22.1. The zero-order valence-corrected chi connectivity index (χ0v) is 8.54. The molecule has 1 N–H and O–H groups in total. The largest absolute Gasteiger partial charge is 0.462 e. The number of hydrogen-bond donors (Lipinski definition) is 1. The molecule has 0 aromatic rings. The monoisotopic (exact) mass is 199 g/mol. The van der Waals surface area contributed by atoms with Gasteiger partial charge in [0, 0.05) is 13.5 Å². The molecule has 1 saturated carbocycles. The van der Waals surface area contributed by atoms with Crippen LogP contribution in [0.1, 0.15) is 38.5 Å². The summed E-state index contributed by atoms with van der Waals surface area (Å²) in [5.74, 6) is -0.367. The lowest BCUT2D eigenvalue weighted by atomic mass is 10.3. The van der Waals surface area contributed by atoms with Crippen molar-refractivity contribution in [1.29, 1.82) is 0 Å². The molecule has 0 aromatic carbocycles. The van der Waals surface area contributed by atoms with Crippen molar-refractivity contribution in [1.82, 2.24) is 5.32 Å². The molecule has 0 aliphatic heterocycles. The van der Waals surface area contributed by atoms with Crippen LogP contribution < -0.4 is 5.32 Å². The number of hydrogen-bond acceptors (Lipinski definition) is 3. The van der Waals surface area contributed by atoms with Gasteiger partial charge < -0.3 is 10.1 Å². The standard InChI is InChI=1S/C10H17NO3/c1-11-9(12)6-7-10(13)14-8-4-2-3-5-8/h8H,2-7H2,1H3,(H,11,12). The smallest absolute Gasteiger partial charge is 0.306 e. The third-order valence-corrected chi connectivity index (χ3v) is 2.44. The van der Waals surface area contributed by atoms with Gasteiger partial charge in [0.15, 0.2) is 0 Å². The molecule has 14 heavy (non-hydrogen) atoms. The Kier molecular flexibility index (Phi) is 4.43. The molecule has 0 heterocycles. The summed E-state index contributed by atoms with van der Waals surface area (Å²) in [6, 6.07) is 0. The summed E-state index contributed by atoms with van der Waals surface area (Å²) in [6.45, 7) is 0. The lowest BCUT2D eigenvalue weighted by Crippen LogP contribution is -2.20. The van der Waals surface area contributed by atoms with Gasteiger partial charge in [-0.25, -0.2) is 0 Å². The summed E-state index contributed by atoms with van der Waals surface area (Å²) < 4.78 is 5.19. The maximum Gasteiger partial charge on any atom is 0.306 e. The molecule has 4 nitrogen and oxygen atoms in total. The van der Waals surface area contributed by atoms with Gasteiger partial charge in [-0.15, -0.1) is 0 Å². The van der Waals surface area contributed by atoms with Crippen LogP contribution in [0.25, 0.3) is 0 Å². The van der Waals surface area contributed by atoms with Crippen LogP contribution >= 0.6 is 0 Å². The lowest BCUT2D eigenvalue weighted by Gasteiger charge is -2.10. The summed E-state index contributed by atoms with van der Waals surface area (Å²) in [7, 11) is 1.56. The second-order valence-corrected chi connectivity index (χ2v) is 3.57. The van der Waals surface area contributed by atoms with Gasteiger partial charge in [0.25, 0.3) is 0 Å². The molecule has 0 saturated heterocycles.